The lowest BCUT2D eigenvalue weighted by atomic mass is 10.2. The Hall–Kier alpha value is -3.06. The minimum absolute atomic E-state index is 0.0229. The number of halogens is 4. The van der Waals surface area contributed by atoms with E-state index in [1.54, 1.807) is 17.9 Å². The lowest BCUT2D eigenvalue weighted by Gasteiger charge is -2.22. The van der Waals surface area contributed by atoms with Crippen LogP contribution in [0.25, 0.3) is 0 Å². The molecular weight excluding hydrogens is 491 g/mol. The standard InChI is InChI=1S/C17H20ClN3O4S.C2HF3O2/c1-4-21(5-2)16-13(17(22)23)9-12(10-19-16)20-26(24,25)15-8-6-7-14(18)11(15)3;3-2(4,5)1(6)7/h6-10,20H,4-5H2,1-3H3,(H,22,23);(H,6,7). The van der Waals surface area contributed by atoms with Crippen LogP contribution in [0, 0.1) is 6.92 Å². The van der Waals surface area contributed by atoms with E-state index in [0.29, 0.717) is 29.5 Å². The van der Waals surface area contributed by atoms with Crippen molar-refractivity contribution in [2.45, 2.75) is 31.8 Å². The molecular formula is C19H21ClF3N3O6S. The maximum absolute atomic E-state index is 12.6. The van der Waals surface area contributed by atoms with Gasteiger partial charge in [0.15, 0.2) is 0 Å². The predicted molar refractivity (Wildman–Crippen MR) is 115 cm³/mol. The second-order valence-electron chi connectivity index (χ2n) is 6.34. The van der Waals surface area contributed by atoms with E-state index in [4.69, 9.17) is 21.5 Å². The normalized spacial score (nSPS) is 11.2. The highest BCUT2D eigenvalue weighted by Gasteiger charge is 2.38. The first kappa shape index (κ1) is 28.0. The molecule has 1 aromatic heterocycles. The van der Waals surface area contributed by atoms with Crippen LogP contribution < -0.4 is 9.62 Å². The summed E-state index contributed by atoms with van der Waals surface area (Å²) in [5.74, 6) is -3.64. The summed E-state index contributed by atoms with van der Waals surface area (Å²) in [5.41, 5.74) is 0.405. The molecule has 14 heteroatoms. The largest absolute Gasteiger partial charge is 0.490 e. The van der Waals surface area contributed by atoms with Gasteiger partial charge in [0.25, 0.3) is 10.0 Å². The number of carboxylic acid groups (broad SMARTS) is 2. The number of rotatable bonds is 7. The first-order valence-corrected chi connectivity index (χ1v) is 11.1. The van der Waals surface area contributed by atoms with Crippen molar-refractivity contribution in [3.05, 3.63) is 46.6 Å². The molecule has 0 spiro atoms. The Morgan fingerprint density at radius 2 is 1.73 bits per heavy atom. The number of aromatic carboxylic acids is 1. The Balaban J connectivity index is 0.000000675. The molecule has 0 fully saturated rings. The summed E-state index contributed by atoms with van der Waals surface area (Å²) in [4.78, 5) is 26.4. The van der Waals surface area contributed by atoms with Crippen molar-refractivity contribution >= 4 is 45.1 Å². The van der Waals surface area contributed by atoms with Crippen LogP contribution in [0.3, 0.4) is 0 Å². The molecule has 0 radical (unpaired) electrons. The maximum atomic E-state index is 12.6. The molecule has 2 aromatic rings. The molecule has 1 heterocycles. The number of hydrogen-bond acceptors (Lipinski definition) is 6. The Morgan fingerprint density at radius 3 is 2.18 bits per heavy atom. The monoisotopic (exact) mass is 511 g/mol. The summed E-state index contributed by atoms with van der Waals surface area (Å²) in [6.07, 6.45) is -3.78. The summed E-state index contributed by atoms with van der Waals surface area (Å²) in [6.45, 7) is 6.53. The number of nitrogens with zero attached hydrogens (tertiary/aromatic N) is 2. The van der Waals surface area contributed by atoms with Crippen LogP contribution in [0.4, 0.5) is 24.7 Å². The number of benzene rings is 1. The maximum Gasteiger partial charge on any atom is 0.490 e. The Labute approximate surface area is 192 Å². The van der Waals surface area contributed by atoms with Crippen LogP contribution in [0.2, 0.25) is 5.02 Å². The van der Waals surface area contributed by atoms with E-state index >= 15 is 0 Å². The van der Waals surface area contributed by atoms with Gasteiger partial charge in [0.2, 0.25) is 0 Å². The molecule has 2 rings (SSSR count). The van der Waals surface area contributed by atoms with Crippen LogP contribution >= 0.6 is 11.6 Å². The fraction of sp³-hybridized carbons (Fsp3) is 0.316. The minimum atomic E-state index is -5.08. The van der Waals surface area contributed by atoms with Crippen LogP contribution in [0.1, 0.15) is 29.8 Å². The van der Waals surface area contributed by atoms with Crippen molar-refractivity contribution in [2.24, 2.45) is 0 Å². The average molecular weight is 512 g/mol. The second kappa shape index (κ2) is 11.2. The Kier molecular flexibility index (Phi) is 9.48. The smallest absolute Gasteiger partial charge is 0.478 e. The van der Waals surface area contributed by atoms with Gasteiger partial charge in [-0.3, -0.25) is 4.72 Å². The molecule has 0 atom stereocenters. The van der Waals surface area contributed by atoms with Crippen LogP contribution in [-0.4, -0.2) is 54.8 Å². The molecule has 0 amide bonds. The zero-order valence-electron chi connectivity index (χ0n) is 17.6. The van der Waals surface area contributed by atoms with E-state index < -0.39 is 28.1 Å². The van der Waals surface area contributed by atoms with Crippen molar-refractivity contribution < 1.29 is 41.4 Å². The number of pyridine rings is 1. The summed E-state index contributed by atoms with van der Waals surface area (Å²) in [5, 5.41) is 16.9. The quantitative estimate of drug-likeness (QED) is 0.507. The molecule has 33 heavy (non-hydrogen) atoms. The second-order valence-corrected chi connectivity index (χ2v) is 8.40. The number of hydrogen-bond donors (Lipinski definition) is 3. The number of carbonyl (C=O) groups is 2. The topological polar surface area (TPSA) is 137 Å². The zero-order valence-corrected chi connectivity index (χ0v) is 19.2. The van der Waals surface area contributed by atoms with E-state index in [1.807, 2.05) is 13.8 Å². The van der Waals surface area contributed by atoms with Crippen LogP contribution in [0.5, 0.6) is 0 Å². The summed E-state index contributed by atoms with van der Waals surface area (Å²) < 4.78 is 59.4. The van der Waals surface area contributed by atoms with Gasteiger partial charge in [-0.15, -0.1) is 0 Å². The molecule has 182 valence electrons. The summed E-state index contributed by atoms with van der Waals surface area (Å²) in [6, 6.07) is 5.83. The molecule has 9 nitrogen and oxygen atoms in total. The Bertz CT molecular complexity index is 1120. The van der Waals surface area contributed by atoms with Gasteiger partial charge in [-0.1, -0.05) is 17.7 Å². The van der Waals surface area contributed by atoms with Gasteiger partial charge in [0.1, 0.15) is 11.4 Å². The van der Waals surface area contributed by atoms with Crippen molar-refractivity contribution in [3.8, 4) is 0 Å². The highest BCUT2D eigenvalue weighted by molar-refractivity contribution is 7.92. The first-order chi connectivity index (χ1) is 15.2. The average Bonchev–Trinajstić information content (AvgIpc) is 2.71. The van der Waals surface area contributed by atoms with Crippen molar-refractivity contribution in [3.63, 3.8) is 0 Å². The number of aliphatic carboxylic acids is 1. The third-order valence-corrected chi connectivity index (χ3v) is 6.10. The van der Waals surface area contributed by atoms with Gasteiger partial charge in [-0.25, -0.2) is 23.0 Å². The van der Waals surface area contributed by atoms with Crippen molar-refractivity contribution in [2.75, 3.05) is 22.7 Å². The van der Waals surface area contributed by atoms with Gasteiger partial charge < -0.3 is 15.1 Å². The van der Waals surface area contributed by atoms with E-state index in [0.717, 1.165) is 0 Å². The minimum Gasteiger partial charge on any atom is -0.478 e. The highest BCUT2D eigenvalue weighted by atomic mass is 35.5. The summed E-state index contributed by atoms with van der Waals surface area (Å²) >= 11 is 5.99. The number of sulfonamides is 1. The number of carboxylic acids is 2. The number of nitrogens with one attached hydrogen (secondary N) is 1. The molecule has 3 N–H and O–H groups in total. The van der Waals surface area contributed by atoms with E-state index in [9.17, 15) is 31.5 Å². The molecule has 0 saturated carbocycles. The van der Waals surface area contributed by atoms with E-state index in [2.05, 4.69) is 9.71 Å². The third kappa shape index (κ3) is 7.49. The predicted octanol–water partition coefficient (Wildman–Crippen LogP) is 4.02. The Morgan fingerprint density at radius 1 is 1.18 bits per heavy atom. The lowest BCUT2D eigenvalue weighted by Crippen LogP contribution is -2.25. The lowest BCUT2D eigenvalue weighted by molar-refractivity contribution is -0.192. The molecule has 0 unspecified atom stereocenters. The fourth-order valence-corrected chi connectivity index (χ4v) is 4.07. The SMILES string of the molecule is CCN(CC)c1ncc(NS(=O)(=O)c2cccc(Cl)c2C)cc1C(=O)O.O=C(O)C(F)(F)F. The first-order valence-electron chi connectivity index (χ1n) is 9.22. The van der Waals surface area contributed by atoms with Gasteiger partial charge in [-0.05, 0) is 44.5 Å². The number of aromatic nitrogens is 1. The fourth-order valence-electron chi connectivity index (χ4n) is 2.53. The van der Waals surface area contributed by atoms with Gasteiger partial charge in [0, 0.05) is 18.1 Å². The highest BCUT2D eigenvalue weighted by Crippen LogP contribution is 2.26. The third-order valence-electron chi connectivity index (χ3n) is 4.16. The molecule has 0 aliphatic carbocycles. The van der Waals surface area contributed by atoms with Gasteiger partial charge in [0.05, 0.1) is 16.8 Å². The number of alkyl halides is 3. The van der Waals surface area contributed by atoms with Crippen LogP contribution in [0.15, 0.2) is 35.4 Å². The van der Waals surface area contributed by atoms with Crippen molar-refractivity contribution in [1.82, 2.24) is 4.98 Å². The van der Waals surface area contributed by atoms with E-state index in [1.165, 1.54) is 24.4 Å². The zero-order chi connectivity index (χ0) is 25.6. The molecule has 0 aliphatic rings. The molecule has 0 bridgehead atoms. The molecule has 0 aliphatic heterocycles. The molecule has 0 saturated heterocycles. The van der Waals surface area contributed by atoms with Gasteiger partial charge >= 0.3 is 18.1 Å². The van der Waals surface area contributed by atoms with Gasteiger partial charge in [-0.2, -0.15) is 13.2 Å². The number of anilines is 2. The van der Waals surface area contributed by atoms with E-state index in [-0.39, 0.29) is 16.1 Å². The van der Waals surface area contributed by atoms with Crippen molar-refractivity contribution in [1.29, 1.82) is 0 Å². The molecule has 1 aromatic carbocycles. The van der Waals surface area contributed by atoms with Crippen LogP contribution in [-0.2, 0) is 14.8 Å². The summed E-state index contributed by atoms with van der Waals surface area (Å²) in [7, 11) is -3.93.